The molecule has 10 aromatic carbocycles. The van der Waals surface area contributed by atoms with E-state index < -0.39 is 0 Å². The molecule has 2 aromatic heterocycles. The lowest BCUT2D eigenvalue weighted by atomic mass is 9.96. The van der Waals surface area contributed by atoms with Crippen molar-refractivity contribution in [3.8, 4) is 39.1 Å². The lowest BCUT2D eigenvalue weighted by Gasteiger charge is -2.28. The van der Waals surface area contributed by atoms with Crippen molar-refractivity contribution in [2.75, 3.05) is 4.90 Å². The summed E-state index contributed by atoms with van der Waals surface area (Å²) in [6.07, 6.45) is 0. The van der Waals surface area contributed by atoms with Crippen molar-refractivity contribution in [1.82, 2.24) is 4.57 Å². The number of nitrogens with zero attached hydrogens (tertiary/aromatic N) is 2. The van der Waals surface area contributed by atoms with E-state index >= 15 is 0 Å². The van der Waals surface area contributed by atoms with Gasteiger partial charge in [0, 0.05) is 49.6 Å². The lowest BCUT2D eigenvalue weighted by molar-refractivity contribution is 0.673. The summed E-state index contributed by atoms with van der Waals surface area (Å²) in [5.74, 6) is 0. The third kappa shape index (κ3) is 5.74. The maximum Gasteiger partial charge on any atom is 0.143 e. The van der Waals surface area contributed by atoms with Crippen LogP contribution < -0.4 is 4.90 Å². The number of rotatable bonds is 7. The molecular formula is C58H38N2O. The number of benzene rings is 10. The van der Waals surface area contributed by atoms with Crippen LogP contribution in [0.4, 0.5) is 17.1 Å². The first kappa shape index (κ1) is 34.9. The summed E-state index contributed by atoms with van der Waals surface area (Å²) in [7, 11) is 0. The van der Waals surface area contributed by atoms with Gasteiger partial charge in [-0.05, 0) is 99.9 Å². The summed E-state index contributed by atoms with van der Waals surface area (Å²) >= 11 is 0. The van der Waals surface area contributed by atoms with Crippen molar-refractivity contribution < 1.29 is 4.42 Å². The number of anilines is 3. The van der Waals surface area contributed by atoms with E-state index in [1.807, 2.05) is 0 Å². The van der Waals surface area contributed by atoms with Gasteiger partial charge in [0.2, 0.25) is 0 Å². The first-order chi connectivity index (χ1) is 30.3. The fraction of sp³-hybridized carbons (Fsp3) is 0. The average molecular weight is 779 g/mol. The number of furan rings is 1. The highest BCUT2D eigenvalue weighted by atomic mass is 16.3. The van der Waals surface area contributed by atoms with Crippen LogP contribution in [0, 0.1) is 0 Å². The minimum atomic E-state index is 0.893. The highest BCUT2D eigenvalue weighted by Gasteiger charge is 2.22. The predicted octanol–water partition coefficient (Wildman–Crippen LogP) is 16.3. The molecule has 0 aliphatic heterocycles. The molecule has 0 bridgehead atoms. The Hall–Kier alpha value is -8.14. The summed E-state index contributed by atoms with van der Waals surface area (Å²) in [4.78, 5) is 2.41. The topological polar surface area (TPSA) is 21.3 Å². The molecule has 0 fully saturated rings. The monoisotopic (exact) mass is 778 g/mol. The molecule has 0 aliphatic carbocycles. The Morgan fingerprint density at radius 2 is 0.934 bits per heavy atom. The van der Waals surface area contributed by atoms with Gasteiger partial charge in [-0.3, -0.25) is 0 Å². The number of para-hydroxylation sites is 3. The Morgan fingerprint density at radius 1 is 0.344 bits per heavy atom. The van der Waals surface area contributed by atoms with E-state index in [4.69, 9.17) is 4.42 Å². The molecule has 0 unspecified atom stereocenters. The minimum absolute atomic E-state index is 0.893. The van der Waals surface area contributed by atoms with Gasteiger partial charge in [-0.2, -0.15) is 0 Å². The van der Waals surface area contributed by atoms with Gasteiger partial charge in [0.25, 0.3) is 0 Å². The molecule has 0 saturated carbocycles. The second-order valence-corrected chi connectivity index (χ2v) is 15.6. The normalized spacial score (nSPS) is 11.6. The smallest absolute Gasteiger partial charge is 0.143 e. The Kier molecular flexibility index (Phi) is 8.17. The molecular weight excluding hydrogens is 741 g/mol. The van der Waals surface area contributed by atoms with E-state index in [9.17, 15) is 0 Å². The van der Waals surface area contributed by atoms with E-state index in [0.717, 1.165) is 66.8 Å². The highest BCUT2D eigenvalue weighted by molar-refractivity contribution is 6.19. The fourth-order valence-electron chi connectivity index (χ4n) is 9.44. The molecule has 0 N–H and O–H groups in total. The third-order valence-corrected chi connectivity index (χ3v) is 12.2. The maximum atomic E-state index is 6.58. The maximum absolute atomic E-state index is 6.58. The van der Waals surface area contributed by atoms with Crippen molar-refractivity contribution in [2.24, 2.45) is 0 Å². The van der Waals surface area contributed by atoms with Crippen LogP contribution in [-0.2, 0) is 0 Å². The molecule has 0 saturated heterocycles. The van der Waals surface area contributed by atoms with Gasteiger partial charge in [0.1, 0.15) is 11.2 Å². The molecule has 3 heteroatoms. The predicted molar refractivity (Wildman–Crippen MR) is 257 cm³/mol. The second-order valence-electron chi connectivity index (χ2n) is 15.6. The van der Waals surface area contributed by atoms with Crippen molar-refractivity contribution in [3.05, 3.63) is 231 Å². The zero-order chi connectivity index (χ0) is 40.3. The Bertz CT molecular complexity index is 3560. The number of hydrogen-bond donors (Lipinski definition) is 0. The molecule has 0 aliphatic rings. The van der Waals surface area contributed by atoms with Gasteiger partial charge in [-0.15, -0.1) is 0 Å². The van der Waals surface area contributed by atoms with Crippen LogP contribution in [0.5, 0.6) is 0 Å². The molecule has 12 rings (SSSR count). The van der Waals surface area contributed by atoms with E-state index in [2.05, 4.69) is 240 Å². The molecule has 0 radical (unpaired) electrons. The van der Waals surface area contributed by atoms with Gasteiger partial charge >= 0.3 is 0 Å². The van der Waals surface area contributed by atoms with Gasteiger partial charge in [0.15, 0.2) is 0 Å². The third-order valence-electron chi connectivity index (χ3n) is 12.2. The molecule has 0 spiro atoms. The summed E-state index contributed by atoms with van der Waals surface area (Å²) in [5, 5.41) is 7.03. The SMILES string of the molecule is c1ccc(-c2ccc(N(c3ccc(-c4cccc5oc6c7ccccc7ccc6c45)cc3)c3ccccc3-c3cccc4c3c3ccccc3n4-c3ccccc3)cc2)cc1. The summed E-state index contributed by atoms with van der Waals surface area (Å²) < 4.78 is 8.97. The van der Waals surface area contributed by atoms with Gasteiger partial charge in [-0.25, -0.2) is 0 Å². The first-order valence-electron chi connectivity index (χ1n) is 20.8. The van der Waals surface area contributed by atoms with Crippen LogP contribution in [0.3, 0.4) is 0 Å². The standard InChI is InChI=1S/C58H38N2O/c1-3-15-39(16-4-1)40-29-34-44(35-30-40)59(45-36-31-42(32-37-45)46-23-14-28-55-57(46)51-38-33-41-17-7-8-20-47(41)58(51)61-55)52-25-11-9-21-48(52)49-24-13-27-54-56(49)50-22-10-12-26-53(50)60(54)43-18-5-2-6-19-43/h1-38H. The van der Waals surface area contributed by atoms with Crippen molar-refractivity contribution >= 4 is 71.6 Å². The number of aromatic nitrogens is 1. The minimum Gasteiger partial charge on any atom is -0.455 e. The summed E-state index contributed by atoms with van der Waals surface area (Å²) in [6, 6.07) is 82.8. The van der Waals surface area contributed by atoms with Gasteiger partial charge in [-0.1, -0.05) is 164 Å². The Labute approximate surface area is 353 Å². The van der Waals surface area contributed by atoms with Crippen molar-refractivity contribution in [1.29, 1.82) is 0 Å². The zero-order valence-corrected chi connectivity index (χ0v) is 33.2. The number of fused-ring (bicyclic) bond motifs is 8. The largest absolute Gasteiger partial charge is 0.455 e. The Morgan fingerprint density at radius 3 is 1.74 bits per heavy atom. The van der Waals surface area contributed by atoms with Crippen LogP contribution >= 0.6 is 0 Å². The van der Waals surface area contributed by atoms with Crippen molar-refractivity contribution in [3.63, 3.8) is 0 Å². The van der Waals surface area contributed by atoms with Gasteiger partial charge < -0.3 is 13.9 Å². The van der Waals surface area contributed by atoms with E-state index in [1.54, 1.807) is 0 Å². The molecule has 2 heterocycles. The average Bonchev–Trinajstić information content (AvgIpc) is 3.90. The quantitative estimate of drug-likeness (QED) is 0.161. The van der Waals surface area contributed by atoms with Crippen LogP contribution in [0.15, 0.2) is 235 Å². The van der Waals surface area contributed by atoms with Crippen LogP contribution in [0.2, 0.25) is 0 Å². The summed E-state index contributed by atoms with van der Waals surface area (Å²) in [5.41, 5.74) is 15.6. The van der Waals surface area contributed by atoms with Gasteiger partial charge in [0.05, 0.1) is 16.7 Å². The van der Waals surface area contributed by atoms with E-state index in [-0.39, 0.29) is 0 Å². The fourth-order valence-corrected chi connectivity index (χ4v) is 9.44. The molecule has 0 amide bonds. The first-order valence-corrected chi connectivity index (χ1v) is 20.8. The van der Waals surface area contributed by atoms with Crippen LogP contribution in [0.1, 0.15) is 0 Å². The summed E-state index contributed by atoms with van der Waals surface area (Å²) in [6.45, 7) is 0. The van der Waals surface area contributed by atoms with Crippen LogP contribution in [0.25, 0.3) is 93.6 Å². The molecule has 12 aromatic rings. The lowest BCUT2D eigenvalue weighted by Crippen LogP contribution is -2.11. The van der Waals surface area contributed by atoms with Crippen molar-refractivity contribution in [2.45, 2.75) is 0 Å². The highest BCUT2D eigenvalue weighted by Crippen LogP contribution is 2.46. The zero-order valence-electron chi connectivity index (χ0n) is 33.2. The van der Waals surface area contributed by atoms with E-state index in [0.29, 0.717) is 0 Å². The number of hydrogen-bond acceptors (Lipinski definition) is 2. The molecule has 3 nitrogen and oxygen atoms in total. The Balaban J connectivity index is 1.04. The van der Waals surface area contributed by atoms with E-state index in [1.165, 1.54) is 43.9 Å². The molecule has 286 valence electrons. The second kappa shape index (κ2) is 14.3. The molecule has 0 atom stereocenters. The molecule has 61 heavy (non-hydrogen) atoms. The van der Waals surface area contributed by atoms with Crippen LogP contribution in [-0.4, -0.2) is 4.57 Å².